The molecule has 0 spiro atoms. The lowest BCUT2D eigenvalue weighted by atomic mass is 9.85. The topological polar surface area (TPSA) is 29.1 Å². The van der Waals surface area contributed by atoms with E-state index in [-0.39, 0.29) is 11.3 Å². The van der Waals surface area contributed by atoms with Crippen molar-refractivity contribution in [1.29, 1.82) is 0 Å². The second kappa shape index (κ2) is 6.04. The predicted molar refractivity (Wildman–Crippen MR) is 95.5 cm³/mol. The first kappa shape index (κ1) is 15.5. The average Bonchev–Trinajstić information content (AvgIpc) is 2.54. The molecular formula is C21H23NO. The average molecular weight is 305 g/mol. The van der Waals surface area contributed by atoms with Crippen molar-refractivity contribution in [2.24, 2.45) is 0 Å². The molecule has 0 bridgehead atoms. The monoisotopic (exact) mass is 305 g/mol. The lowest BCUT2D eigenvalue weighted by Crippen LogP contribution is -2.43. The lowest BCUT2D eigenvalue weighted by molar-refractivity contribution is 0.104. The molecule has 0 saturated carbocycles. The molecule has 0 aromatic heterocycles. The molecule has 0 atom stereocenters. The number of carbonyl (C=O) groups is 1. The van der Waals surface area contributed by atoms with Gasteiger partial charge in [0.25, 0.3) is 0 Å². The van der Waals surface area contributed by atoms with Gasteiger partial charge in [-0.15, -0.1) is 0 Å². The van der Waals surface area contributed by atoms with Crippen LogP contribution >= 0.6 is 0 Å². The van der Waals surface area contributed by atoms with Gasteiger partial charge in [-0.2, -0.15) is 0 Å². The molecule has 2 aromatic rings. The van der Waals surface area contributed by atoms with Crippen LogP contribution in [0, 0.1) is 0 Å². The van der Waals surface area contributed by atoms with Crippen LogP contribution in [0.25, 0.3) is 5.70 Å². The van der Waals surface area contributed by atoms with Gasteiger partial charge in [-0.3, -0.25) is 4.79 Å². The fraction of sp³-hybridized carbons (Fsp3) is 0.286. The molecule has 2 nitrogen and oxygen atoms in total. The fourth-order valence-corrected chi connectivity index (χ4v) is 3.12. The van der Waals surface area contributed by atoms with E-state index in [4.69, 9.17) is 0 Å². The van der Waals surface area contributed by atoms with E-state index in [2.05, 4.69) is 44.3 Å². The van der Waals surface area contributed by atoms with E-state index in [1.807, 2.05) is 30.3 Å². The van der Waals surface area contributed by atoms with Crippen LogP contribution < -0.4 is 5.32 Å². The van der Waals surface area contributed by atoms with Crippen molar-refractivity contribution < 1.29 is 4.79 Å². The predicted octanol–water partition coefficient (Wildman–Crippen LogP) is 4.40. The summed E-state index contributed by atoms with van der Waals surface area (Å²) in [7, 11) is 0. The number of carbonyl (C=O) groups excluding carboxylic acids is 1. The van der Waals surface area contributed by atoms with Crippen molar-refractivity contribution in [1.82, 2.24) is 5.32 Å². The van der Waals surface area contributed by atoms with Gasteiger partial charge in [0.2, 0.25) is 0 Å². The smallest absolute Gasteiger partial charge is 0.187 e. The second-order valence-electron chi connectivity index (χ2n) is 6.82. The van der Waals surface area contributed by atoms with Gasteiger partial charge in [-0.05, 0) is 37.8 Å². The van der Waals surface area contributed by atoms with Crippen molar-refractivity contribution in [3.05, 3.63) is 76.9 Å². The van der Waals surface area contributed by atoms with Gasteiger partial charge in [-0.25, -0.2) is 0 Å². The molecule has 1 aliphatic rings. The van der Waals surface area contributed by atoms with Crippen molar-refractivity contribution in [2.45, 2.75) is 39.2 Å². The van der Waals surface area contributed by atoms with Gasteiger partial charge in [0, 0.05) is 28.4 Å². The molecule has 23 heavy (non-hydrogen) atoms. The SMILES string of the molecule is CCc1ccc(C(=O)/C=C2\NC(C)(C)Cc3ccccc32)cc1. The molecule has 0 fully saturated rings. The zero-order chi connectivity index (χ0) is 16.4. The lowest BCUT2D eigenvalue weighted by Gasteiger charge is -2.35. The number of aryl methyl sites for hydroxylation is 1. The van der Waals surface area contributed by atoms with E-state index in [1.165, 1.54) is 11.1 Å². The van der Waals surface area contributed by atoms with Gasteiger partial charge in [0.1, 0.15) is 0 Å². The van der Waals surface area contributed by atoms with Crippen LogP contribution in [-0.2, 0) is 12.8 Å². The highest BCUT2D eigenvalue weighted by Gasteiger charge is 2.27. The Morgan fingerprint density at radius 1 is 1.13 bits per heavy atom. The highest BCUT2D eigenvalue weighted by Crippen LogP contribution is 2.29. The zero-order valence-corrected chi connectivity index (χ0v) is 14.0. The first-order chi connectivity index (χ1) is 11.0. The highest BCUT2D eigenvalue weighted by molar-refractivity contribution is 6.08. The van der Waals surface area contributed by atoms with Gasteiger partial charge in [0.05, 0.1) is 0 Å². The van der Waals surface area contributed by atoms with Crippen LogP contribution in [0.3, 0.4) is 0 Å². The maximum atomic E-state index is 12.6. The summed E-state index contributed by atoms with van der Waals surface area (Å²) in [6, 6.07) is 16.2. The molecule has 2 heteroatoms. The minimum absolute atomic E-state index is 0.0441. The van der Waals surface area contributed by atoms with E-state index in [0.29, 0.717) is 0 Å². The summed E-state index contributed by atoms with van der Waals surface area (Å²) in [5.74, 6) is 0.0441. The van der Waals surface area contributed by atoms with Crippen molar-refractivity contribution >= 4 is 11.5 Å². The Labute approximate surface area is 138 Å². The normalized spacial score (nSPS) is 17.4. The van der Waals surface area contributed by atoms with Crippen molar-refractivity contribution in [3.8, 4) is 0 Å². The second-order valence-corrected chi connectivity index (χ2v) is 6.82. The Morgan fingerprint density at radius 3 is 2.52 bits per heavy atom. The van der Waals surface area contributed by atoms with Crippen molar-refractivity contribution in [3.63, 3.8) is 0 Å². The molecule has 3 rings (SSSR count). The number of hydrogen-bond acceptors (Lipinski definition) is 2. The summed E-state index contributed by atoms with van der Waals surface area (Å²) < 4.78 is 0. The third kappa shape index (κ3) is 3.37. The van der Waals surface area contributed by atoms with Crippen LogP contribution in [0.2, 0.25) is 0 Å². The number of fused-ring (bicyclic) bond motifs is 1. The molecular weight excluding hydrogens is 282 g/mol. The van der Waals surface area contributed by atoms with E-state index >= 15 is 0 Å². The largest absolute Gasteiger partial charge is 0.379 e. The first-order valence-corrected chi connectivity index (χ1v) is 8.20. The molecule has 1 aliphatic heterocycles. The minimum Gasteiger partial charge on any atom is -0.379 e. The summed E-state index contributed by atoms with van der Waals surface area (Å²) in [5.41, 5.74) is 5.27. The number of nitrogens with one attached hydrogen (secondary N) is 1. The Kier molecular flexibility index (Phi) is 4.08. The standard InChI is InChI=1S/C21H23NO/c1-4-15-9-11-16(12-10-15)20(23)13-19-18-8-6-5-7-17(18)14-21(2,3)22-19/h5-13,22H,4,14H2,1-3H3/b19-13-. The number of allylic oxidation sites excluding steroid dienone is 1. The molecule has 1 heterocycles. The van der Waals surface area contributed by atoms with Gasteiger partial charge < -0.3 is 5.32 Å². The number of rotatable bonds is 3. The van der Waals surface area contributed by atoms with Gasteiger partial charge in [-0.1, -0.05) is 55.5 Å². The summed E-state index contributed by atoms with van der Waals surface area (Å²) in [6.07, 6.45) is 3.68. The molecule has 0 saturated heterocycles. The summed E-state index contributed by atoms with van der Waals surface area (Å²) in [6.45, 7) is 6.44. The molecule has 0 aliphatic carbocycles. The Hall–Kier alpha value is -2.35. The Morgan fingerprint density at radius 2 is 1.83 bits per heavy atom. The molecule has 0 amide bonds. The minimum atomic E-state index is -0.0491. The fourth-order valence-electron chi connectivity index (χ4n) is 3.12. The zero-order valence-electron chi connectivity index (χ0n) is 14.0. The van der Waals surface area contributed by atoms with Crippen molar-refractivity contribution in [2.75, 3.05) is 0 Å². The van der Waals surface area contributed by atoms with Gasteiger partial charge >= 0.3 is 0 Å². The maximum Gasteiger partial charge on any atom is 0.187 e. The summed E-state index contributed by atoms with van der Waals surface area (Å²) >= 11 is 0. The molecule has 0 unspecified atom stereocenters. The van der Waals surface area contributed by atoms with E-state index in [1.54, 1.807) is 6.08 Å². The first-order valence-electron chi connectivity index (χ1n) is 8.20. The number of ketones is 1. The van der Waals surface area contributed by atoms with Crippen LogP contribution in [-0.4, -0.2) is 11.3 Å². The van der Waals surface area contributed by atoms with Crippen LogP contribution in [0.4, 0.5) is 0 Å². The maximum absolute atomic E-state index is 12.6. The van der Waals surface area contributed by atoms with Gasteiger partial charge in [0.15, 0.2) is 5.78 Å². The van der Waals surface area contributed by atoms with Crippen LogP contribution in [0.5, 0.6) is 0 Å². The Balaban J connectivity index is 1.95. The van der Waals surface area contributed by atoms with E-state index < -0.39 is 0 Å². The third-order valence-corrected chi connectivity index (χ3v) is 4.34. The quantitative estimate of drug-likeness (QED) is 0.673. The van der Waals surface area contributed by atoms with E-state index in [9.17, 15) is 4.79 Å². The molecule has 1 N–H and O–H groups in total. The third-order valence-electron chi connectivity index (χ3n) is 4.34. The van der Waals surface area contributed by atoms with Crippen LogP contribution in [0.1, 0.15) is 47.8 Å². The molecule has 2 aromatic carbocycles. The van der Waals surface area contributed by atoms with E-state index in [0.717, 1.165) is 29.7 Å². The molecule has 0 radical (unpaired) electrons. The summed E-state index contributed by atoms with van der Waals surface area (Å²) in [5, 5.41) is 3.51. The number of hydrogen-bond donors (Lipinski definition) is 1. The Bertz CT molecular complexity index is 754. The summed E-state index contributed by atoms with van der Waals surface area (Å²) in [4.78, 5) is 12.6. The highest BCUT2D eigenvalue weighted by atomic mass is 16.1. The van der Waals surface area contributed by atoms with Crippen LogP contribution in [0.15, 0.2) is 54.6 Å². The molecule has 118 valence electrons. The number of benzene rings is 2.